The zero-order valence-electron chi connectivity index (χ0n) is 16.9. The molecule has 30 heavy (non-hydrogen) atoms. The lowest BCUT2D eigenvalue weighted by molar-refractivity contribution is -0.192. The average Bonchev–Trinajstić information content (AvgIpc) is 2.66. The molecular formula is C19H26F3N3O5. The monoisotopic (exact) mass is 433 g/mol. The first kappa shape index (κ1) is 23.7. The highest BCUT2D eigenvalue weighted by molar-refractivity contribution is 5.75. The van der Waals surface area contributed by atoms with Crippen molar-refractivity contribution < 1.29 is 37.3 Å². The van der Waals surface area contributed by atoms with Gasteiger partial charge in [0, 0.05) is 33.0 Å². The number of carboxylic acid groups (broad SMARTS) is 1. The van der Waals surface area contributed by atoms with E-state index >= 15 is 0 Å². The Morgan fingerprint density at radius 3 is 2.57 bits per heavy atom. The van der Waals surface area contributed by atoms with Crippen molar-refractivity contribution in [2.75, 3.05) is 40.4 Å². The third-order valence-electron chi connectivity index (χ3n) is 4.86. The van der Waals surface area contributed by atoms with Crippen molar-refractivity contribution >= 4 is 12.0 Å². The molecule has 0 aromatic carbocycles. The zero-order valence-corrected chi connectivity index (χ0v) is 16.9. The maximum Gasteiger partial charge on any atom is 0.490 e. The van der Waals surface area contributed by atoms with Crippen LogP contribution in [0.5, 0.6) is 5.88 Å². The minimum absolute atomic E-state index is 0.0693. The Hall–Kier alpha value is -2.56. The normalized spacial score (nSPS) is 19.9. The van der Waals surface area contributed by atoms with Crippen LogP contribution in [-0.2, 0) is 9.53 Å². The van der Waals surface area contributed by atoms with Gasteiger partial charge in [-0.2, -0.15) is 13.2 Å². The Morgan fingerprint density at radius 1 is 1.37 bits per heavy atom. The van der Waals surface area contributed by atoms with Gasteiger partial charge >= 0.3 is 18.2 Å². The SMILES string of the molecule is CN(C)C(=O)N1CC2(CC(CCOc3ccccn3)CCO2)C1.O=C(O)C(F)(F)F. The summed E-state index contributed by atoms with van der Waals surface area (Å²) in [6, 6.07) is 5.75. The molecule has 0 saturated carbocycles. The number of carbonyl (C=O) groups is 2. The van der Waals surface area contributed by atoms with E-state index < -0.39 is 12.1 Å². The van der Waals surface area contributed by atoms with Gasteiger partial charge in [-0.3, -0.25) is 0 Å². The molecule has 8 nitrogen and oxygen atoms in total. The largest absolute Gasteiger partial charge is 0.490 e. The molecule has 1 atom stereocenters. The minimum atomic E-state index is -5.08. The number of hydrogen-bond donors (Lipinski definition) is 1. The number of carboxylic acids is 1. The fraction of sp³-hybridized carbons (Fsp3) is 0.632. The van der Waals surface area contributed by atoms with Crippen LogP contribution in [0.2, 0.25) is 0 Å². The summed E-state index contributed by atoms with van der Waals surface area (Å²) in [6.45, 7) is 2.87. The van der Waals surface area contributed by atoms with Gasteiger partial charge in [-0.1, -0.05) is 6.07 Å². The Bertz CT molecular complexity index is 709. The first-order valence-corrected chi connectivity index (χ1v) is 9.46. The number of pyridine rings is 1. The summed E-state index contributed by atoms with van der Waals surface area (Å²) >= 11 is 0. The highest BCUT2D eigenvalue weighted by Crippen LogP contribution is 2.38. The summed E-state index contributed by atoms with van der Waals surface area (Å²) in [5.74, 6) is -1.49. The molecule has 1 N–H and O–H groups in total. The van der Waals surface area contributed by atoms with Gasteiger partial charge in [-0.05, 0) is 31.2 Å². The number of halogens is 3. The maximum absolute atomic E-state index is 11.9. The number of urea groups is 1. The van der Waals surface area contributed by atoms with Gasteiger partial charge in [0.15, 0.2) is 0 Å². The summed E-state index contributed by atoms with van der Waals surface area (Å²) in [5.41, 5.74) is -0.125. The number of aromatic nitrogens is 1. The molecule has 11 heteroatoms. The van der Waals surface area contributed by atoms with E-state index in [2.05, 4.69) is 4.98 Å². The van der Waals surface area contributed by atoms with E-state index in [1.807, 2.05) is 23.1 Å². The second-order valence-corrected chi connectivity index (χ2v) is 7.53. The Kier molecular flexibility index (Phi) is 7.88. The van der Waals surface area contributed by atoms with Crippen LogP contribution in [-0.4, -0.2) is 84.1 Å². The lowest BCUT2D eigenvalue weighted by Crippen LogP contribution is -2.67. The number of ether oxygens (including phenoxy) is 2. The quantitative estimate of drug-likeness (QED) is 0.785. The molecule has 168 valence electrons. The van der Waals surface area contributed by atoms with Crippen LogP contribution in [0.3, 0.4) is 0 Å². The number of hydrogen-bond acceptors (Lipinski definition) is 5. The third kappa shape index (κ3) is 6.75. The van der Waals surface area contributed by atoms with Gasteiger partial charge < -0.3 is 24.4 Å². The van der Waals surface area contributed by atoms with Gasteiger partial charge in [0.1, 0.15) is 5.60 Å². The lowest BCUT2D eigenvalue weighted by Gasteiger charge is -2.53. The van der Waals surface area contributed by atoms with E-state index in [4.69, 9.17) is 19.4 Å². The van der Waals surface area contributed by atoms with Crippen molar-refractivity contribution in [3.63, 3.8) is 0 Å². The number of rotatable bonds is 4. The molecule has 0 radical (unpaired) electrons. The molecule has 3 heterocycles. The molecule has 2 saturated heterocycles. The van der Waals surface area contributed by atoms with Crippen molar-refractivity contribution in [1.29, 1.82) is 0 Å². The Balaban J connectivity index is 0.000000396. The summed E-state index contributed by atoms with van der Waals surface area (Å²) in [4.78, 5) is 28.5. The second kappa shape index (κ2) is 9.96. The molecule has 2 aliphatic rings. The van der Waals surface area contributed by atoms with Crippen molar-refractivity contribution in [1.82, 2.24) is 14.8 Å². The fourth-order valence-electron chi connectivity index (χ4n) is 3.43. The molecule has 1 aromatic heterocycles. The van der Waals surface area contributed by atoms with Crippen molar-refractivity contribution in [3.05, 3.63) is 24.4 Å². The van der Waals surface area contributed by atoms with Crippen LogP contribution in [0.25, 0.3) is 0 Å². The van der Waals surface area contributed by atoms with Gasteiger partial charge in [0.2, 0.25) is 5.88 Å². The Morgan fingerprint density at radius 2 is 2.03 bits per heavy atom. The van der Waals surface area contributed by atoms with Gasteiger partial charge in [-0.25, -0.2) is 14.6 Å². The molecule has 2 amide bonds. The number of carbonyl (C=O) groups excluding carboxylic acids is 1. The van der Waals surface area contributed by atoms with Crippen LogP contribution >= 0.6 is 0 Å². The molecule has 1 spiro atoms. The minimum Gasteiger partial charge on any atom is -0.478 e. The average molecular weight is 433 g/mol. The van der Waals surface area contributed by atoms with E-state index in [1.54, 1.807) is 25.2 Å². The van der Waals surface area contributed by atoms with Gasteiger partial charge in [0.05, 0.1) is 19.7 Å². The van der Waals surface area contributed by atoms with Crippen molar-refractivity contribution in [2.45, 2.75) is 31.0 Å². The zero-order chi connectivity index (χ0) is 22.4. The van der Waals surface area contributed by atoms with Crippen LogP contribution in [0.15, 0.2) is 24.4 Å². The third-order valence-corrected chi connectivity index (χ3v) is 4.86. The molecule has 1 aromatic rings. The van der Waals surface area contributed by atoms with E-state index in [0.29, 0.717) is 31.5 Å². The first-order valence-electron chi connectivity index (χ1n) is 9.46. The molecule has 2 aliphatic heterocycles. The maximum atomic E-state index is 11.9. The highest BCUT2D eigenvalue weighted by Gasteiger charge is 2.49. The summed E-state index contributed by atoms with van der Waals surface area (Å²) < 4.78 is 43.4. The molecule has 1 unspecified atom stereocenters. The fourth-order valence-corrected chi connectivity index (χ4v) is 3.43. The van der Waals surface area contributed by atoms with Gasteiger partial charge in [-0.15, -0.1) is 0 Å². The lowest BCUT2D eigenvalue weighted by atomic mass is 9.79. The van der Waals surface area contributed by atoms with E-state index in [0.717, 1.165) is 25.9 Å². The molecule has 0 bridgehead atoms. The van der Waals surface area contributed by atoms with Crippen molar-refractivity contribution in [2.24, 2.45) is 5.92 Å². The molecule has 3 rings (SSSR count). The van der Waals surface area contributed by atoms with Crippen LogP contribution in [0.4, 0.5) is 18.0 Å². The van der Waals surface area contributed by atoms with E-state index in [1.165, 1.54) is 0 Å². The molecule has 0 aliphatic carbocycles. The number of aliphatic carboxylic acids is 1. The standard InChI is InChI=1S/C17H25N3O3.C2HF3O2/c1-19(2)16(21)20-12-17(13-20)11-14(7-10-23-17)6-9-22-15-5-3-4-8-18-15;3-2(4,5)1(6)7/h3-5,8,14H,6-7,9-13H2,1-2H3;(H,6,7). The number of likely N-dealkylation sites (tertiary alicyclic amines) is 1. The predicted octanol–water partition coefficient (Wildman–Crippen LogP) is 2.65. The van der Waals surface area contributed by atoms with Gasteiger partial charge in [0.25, 0.3) is 0 Å². The topological polar surface area (TPSA) is 92.2 Å². The number of amides is 2. The van der Waals surface area contributed by atoms with E-state index in [9.17, 15) is 18.0 Å². The first-order chi connectivity index (χ1) is 14.0. The van der Waals surface area contributed by atoms with Crippen LogP contribution < -0.4 is 4.74 Å². The number of nitrogens with zero attached hydrogens (tertiary/aromatic N) is 3. The smallest absolute Gasteiger partial charge is 0.478 e. The predicted molar refractivity (Wildman–Crippen MR) is 100 cm³/mol. The summed E-state index contributed by atoms with van der Waals surface area (Å²) in [6.07, 6.45) is -0.266. The van der Waals surface area contributed by atoms with Crippen molar-refractivity contribution in [3.8, 4) is 5.88 Å². The second-order valence-electron chi connectivity index (χ2n) is 7.53. The number of alkyl halides is 3. The molecule has 2 fully saturated rings. The Labute approximate surface area is 172 Å². The summed E-state index contributed by atoms with van der Waals surface area (Å²) in [5, 5.41) is 7.12. The summed E-state index contributed by atoms with van der Waals surface area (Å²) in [7, 11) is 3.57. The van der Waals surface area contributed by atoms with E-state index in [-0.39, 0.29) is 11.6 Å². The van der Waals surface area contributed by atoms with Crippen LogP contribution in [0.1, 0.15) is 19.3 Å². The molecular weight excluding hydrogens is 407 g/mol. The van der Waals surface area contributed by atoms with Crippen LogP contribution in [0, 0.1) is 5.92 Å². The highest BCUT2D eigenvalue weighted by atomic mass is 19.4.